The van der Waals surface area contributed by atoms with Gasteiger partial charge in [0.25, 0.3) is 11.1 Å². The molecule has 0 atom stereocenters. The fourth-order valence-electron chi connectivity index (χ4n) is 4.91. The largest absolute Gasteiger partial charge is 0.338 e. The summed E-state index contributed by atoms with van der Waals surface area (Å²) in [7, 11) is 1.50. The Bertz CT molecular complexity index is 1850. The van der Waals surface area contributed by atoms with Crippen LogP contribution in [0.2, 0.25) is 0 Å². The number of nitrogens with one attached hydrogen (secondary N) is 2. The molecule has 1 fully saturated rings. The number of hydrogen-bond donors (Lipinski definition) is 2. The molecule has 3 heterocycles. The predicted octanol–water partition coefficient (Wildman–Crippen LogP) is 3.48. The van der Waals surface area contributed by atoms with E-state index in [1.807, 2.05) is 22.6 Å². The van der Waals surface area contributed by atoms with Crippen LogP contribution in [0.25, 0.3) is 16.6 Å². The van der Waals surface area contributed by atoms with Crippen LogP contribution in [0.5, 0.6) is 0 Å². The number of nitrogens with zero attached hydrogens (tertiary/aromatic N) is 3. The highest BCUT2D eigenvalue weighted by Crippen LogP contribution is 2.34. The second-order valence-electron chi connectivity index (χ2n) is 9.40. The molecule has 1 saturated carbocycles. The Hall–Kier alpha value is -3.74. The second-order valence-corrected chi connectivity index (χ2v) is 10.6. The lowest BCUT2D eigenvalue weighted by molar-refractivity contribution is -0.115. The number of benzene rings is 2. The van der Waals surface area contributed by atoms with Crippen LogP contribution in [0.1, 0.15) is 30.0 Å². The van der Waals surface area contributed by atoms with Gasteiger partial charge in [0.1, 0.15) is 17.0 Å². The van der Waals surface area contributed by atoms with E-state index in [9.17, 15) is 23.6 Å². The summed E-state index contributed by atoms with van der Waals surface area (Å²) in [6, 6.07) is 9.45. The number of rotatable bonds is 4. The molecule has 37 heavy (non-hydrogen) atoms. The molecule has 9 nitrogen and oxygen atoms in total. The molecule has 188 valence electrons. The van der Waals surface area contributed by atoms with Crippen molar-refractivity contribution in [2.75, 3.05) is 10.6 Å². The van der Waals surface area contributed by atoms with Gasteiger partial charge in [-0.3, -0.25) is 28.1 Å². The van der Waals surface area contributed by atoms with Crippen molar-refractivity contribution in [3.63, 3.8) is 0 Å². The van der Waals surface area contributed by atoms with Gasteiger partial charge >= 0.3 is 5.69 Å². The van der Waals surface area contributed by atoms with Gasteiger partial charge in [-0.1, -0.05) is 6.07 Å². The highest BCUT2D eigenvalue weighted by molar-refractivity contribution is 14.1. The lowest BCUT2D eigenvalue weighted by Crippen LogP contribution is -2.41. The molecule has 11 heteroatoms. The zero-order chi connectivity index (χ0) is 26.2. The maximum Gasteiger partial charge on any atom is 0.336 e. The topological polar surface area (TPSA) is 107 Å². The maximum absolute atomic E-state index is 14.8. The summed E-state index contributed by atoms with van der Waals surface area (Å²) in [4.78, 5) is 52.9. The summed E-state index contributed by atoms with van der Waals surface area (Å²) in [5.41, 5.74) is 0.683. The Kier molecular flexibility index (Phi) is 5.37. The Morgan fingerprint density at radius 3 is 2.51 bits per heavy atom. The van der Waals surface area contributed by atoms with Crippen molar-refractivity contribution in [3.05, 3.63) is 88.1 Å². The Balaban J connectivity index is 1.72. The fraction of sp³-hybridized carbons (Fsp3) is 0.231. The van der Waals surface area contributed by atoms with E-state index in [2.05, 4.69) is 10.6 Å². The van der Waals surface area contributed by atoms with Gasteiger partial charge in [0.15, 0.2) is 0 Å². The number of fused-ring (bicyclic) bond motifs is 2. The third kappa shape index (κ3) is 3.71. The highest BCUT2D eigenvalue weighted by atomic mass is 127. The number of carbonyl (C=O) groups is 1. The molecule has 0 bridgehead atoms. The number of amides is 1. The normalized spacial score (nSPS) is 14.6. The van der Waals surface area contributed by atoms with Crippen molar-refractivity contribution in [2.45, 2.75) is 32.2 Å². The minimum atomic E-state index is -0.563. The summed E-state index contributed by atoms with van der Waals surface area (Å²) < 4.78 is 19.3. The first-order valence-electron chi connectivity index (χ1n) is 11.7. The van der Waals surface area contributed by atoms with Crippen LogP contribution in [-0.2, 0) is 18.3 Å². The molecule has 2 N–H and O–H groups in total. The number of aryl methyl sites for hydroxylation is 1. The van der Waals surface area contributed by atoms with Crippen LogP contribution >= 0.6 is 22.6 Å². The molecule has 2 aromatic heterocycles. The predicted molar refractivity (Wildman–Crippen MR) is 147 cm³/mol. The summed E-state index contributed by atoms with van der Waals surface area (Å²) in [6.45, 7) is 1.56. The molecular formula is C26H21FIN5O4. The third-order valence-electron chi connectivity index (χ3n) is 6.92. The molecule has 2 aliphatic rings. The molecule has 2 aromatic carbocycles. The van der Waals surface area contributed by atoms with Crippen LogP contribution < -0.4 is 27.4 Å². The lowest BCUT2D eigenvalue weighted by atomic mass is 10.1. The Labute approximate surface area is 222 Å². The molecule has 1 amide bonds. The van der Waals surface area contributed by atoms with E-state index in [1.165, 1.54) is 32.9 Å². The van der Waals surface area contributed by atoms with E-state index in [4.69, 9.17) is 0 Å². The van der Waals surface area contributed by atoms with Gasteiger partial charge in [0.2, 0.25) is 5.91 Å². The van der Waals surface area contributed by atoms with Gasteiger partial charge in [-0.05, 0) is 78.3 Å². The van der Waals surface area contributed by atoms with Gasteiger partial charge in [-0.2, -0.15) is 0 Å². The van der Waals surface area contributed by atoms with Gasteiger partial charge < -0.3 is 10.6 Å². The SMILES string of the molecule is Cc1c(=O)n(C)c(Nc2ccc(I)cc2F)c2c(=O)n(C3CC3)c(=O)n(-c3ccc4c(c3)NC(=O)C4)c12. The first kappa shape index (κ1) is 23.6. The first-order valence-corrected chi connectivity index (χ1v) is 12.8. The monoisotopic (exact) mass is 613 g/mol. The minimum absolute atomic E-state index is 0.0910. The number of hydrogen-bond acceptors (Lipinski definition) is 5. The molecule has 0 unspecified atom stereocenters. The Morgan fingerprint density at radius 1 is 1.05 bits per heavy atom. The van der Waals surface area contributed by atoms with Gasteiger partial charge in [-0.25, -0.2) is 9.18 Å². The smallest absolute Gasteiger partial charge is 0.336 e. The van der Waals surface area contributed by atoms with Crippen LogP contribution in [0, 0.1) is 16.3 Å². The highest BCUT2D eigenvalue weighted by Gasteiger charge is 2.32. The van der Waals surface area contributed by atoms with Crippen LogP contribution in [-0.4, -0.2) is 19.6 Å². The van der Waals surface area contributed by atoms with E-state index in [0.717, 1.165) is 5.56 Å². The van der Waals surface area contributed by atoms with Gasteiger partial charge in [0.05, 0.1) is 23.3 Å². The number of pyridine rings is 1. The van der Waals surface area contributed by atoms with Gasteiger partial charge in [0, 0.05) is 27.9 Å². The minimum Gasteiger partial charge on any atom is -0.338 e. The van der Waals surface area contributed by atoms with E-state index in [0.29, 0.717) is 27.8 Å². The summed E-state index contributed by atoms with van der Waals surface area (Å²) in [5, 5.41) is 5.84. The van der Waals surface area contributed by atoms with E-state index >= 15 is 0 Å². The lowest BCUT2D eigenvalue weighted by Gasteiger charge is -2.21. The first-order chi connectivity index (χ1) is 17.7. The molecule has 1 aliphatic carbocycles. The van der Waals surface area contributed by atoms with E-state index in [1.54, 1.807) is 31.2 Å². The number of aromatic nitrogens is 3. The number of carbonyl (C=O) groups excluding carboxylic acids is 1. The molecule has 4 aromatic rings. The van der Waals surface area contributed by atoms with E-state index in [-0.39, 0.29) is 46.3 Å². The quantitative estimate of drug-likeness (QED) is 0.343. The van der Waals surface area contributed by atoms with Crippen LogP contribution in [0.15, 0.2) is 50.8 Å². The number of halogens is 2. The van der Waals surface area contributed by atoms with Crippen molar-refractivity contribution in [1.29, 1.82) is 0 Å². The number of anilines is 3. The third-order valence-corrected chi connectivity index (χ3v) is 7.59. The van der Waals surface area contributed by atoms with Crippen molar-refractivity contribution >= 4 is 56.6 Å². The van der Waals surface area contributed by atoms with Crippen LogP contribution in [0.4, 0.5) is 21.6 Å². The summed E-state index contributed by atoms with van der Waals surface area (Å²) in [5.74, 6) is -0.602. The maximum atomic E-state index is 14.8. The van der Waals surface area contributed by atoms with Crippen molar-refractivity contribution in [2.24, 2.45) is 7.05 Å². The van der Waals surface area contributed by atoms with E-state index < -0.39 is 22.6 Å². The average Bonchev–Trinajstić information content (AvgIpc) is 3.61. The molecule has 1 aliphatic heterocycles. The summed E-state index contributed by atoms with van der Waals surface area (Å²) in [6.07, 6.45) is 1.60. The Morgan fingerprint density at radius 2 is 1.81 bits per heavy atom. The zero-order valence-corrected chi connectivity index (χ0v) is 22.1. The van der Waals surface area contributed by atoms with Crippen LogP contribution in [0.3, 0.4) is 0 Å². The van der Waals surface area contributed by atoms with Crippen molar-refractivity contribution in [1.82, 2.24) is 13.7 Å². The van der Waals surface area contributed by atoms with Gasteiger partial charge in [-0.15, -0.1) is 0 Å². The molecular weight excluding hydrogens is 592 g/mol. The fourth-order valence-corrected chi connectivity index (χ4v) is 5.37. The average molecular weight is 613 g/mol. The molecule has 0 saturated heterocycles. The standard InChI is InChI=1S/C26H21FIN5O4/c1-12-22-21(23(31(2)24(12)35)30-18-8-4-14(28)10-17(18)27)25(36)33(15-6-7-15)26(37)32(22)16-5-3-13-9-20(34)29-19(13)11-16/h3-5,8,10-11,15,30H,6-7,9H2,1-2H3,(H,29,34). The second kappa shape index (κ2) is 8.40. The summed E-state index contributed by atoms with van der Waals surface area (Å²) >= 11 is 1.99. The molecule has 6 rings (SSSR count). The van der Waals surface area contributed by atoms with Crippen molar-refractivity contribution in [3.8, 4) is 5.69 Å². The molecule has 0 spiro atoms. The molecule has 0 radical (unpaired) electrons. The zero-order valence-electron chi connectivity index (χ0n) is 19.9. The van der Waals surface area contributed by atoms with Crippen molar-refractivity contribution < 1.29 is 9.18 Å².